The lowest BCUT2D eigenvalue weighted by Crippen LogP contribution is -2.25. The number of nitrogens with one attached hydrogen (secondary N) is 1. The summed E-state index contributed by atoms with van der Waals surface area (Å²) in [6.07, 6.45) is 0. The Hall–Kier alpha value is -3.51. The van der Waals surface area contributed by atoms with Crippen LogP contribution in [-0.2, 0) is 13.1 Å². The van der Waals surface area contributed by atoms with Gasteiger partial charge < -0.3 is 19.4 Å². The molecule has 6 nitrogen and oxygen atoms in total. The summed E-state index contributed by atoms with van der Waals surface area (Å²) in [7, 11) is 1.63. The quantitative estimate of drug-likeness (QED) is 0.435. The summed E-state index contributed by atoms with van der Waals surface area (Å²) in [5.74, 6) is 2.14. The Labute approximate surface area is 185 Å². The molecular formula is C24H22ClN3O3. The first-order valence-electron chi connectivity index (χ1n) is 9.89. The van der Waals surface area contributed by atoms with Crippen molar-refractivity contribution in [3.05, 3.63) is 89.2 Å². The van der Waals surface area contributed by atoms with Gasteiger partial charge in [0.05, 0.1) is 31.2 Å². The van der Waals surface area contributed by atoms with Crippen LogP contribution in [-0.4, -0.2) is 29.2 Å². The molecule has 0 saturated carbocycles. The normalized spacial score (nSPS) is 10.8. The van der Waals surface area contributed by atoms with Crippen LogP contribution < -0.4 is 14.8 Å². The van der Waals surface area contributed by atoms with Gasteiger partial charge >= 0.3 is 0 Å². The van der Waals surface area contributed by atoms with E-state index >= 15 is 0 Å². The minimum absolute atomic E-state index is 0.176. The maximum Gasteiger partial charge on any atom is 0.251 e. The second kappa shape index (κ2) is 9.53. The van der Waals surface area contributed by atoms with Gasteiger partial charge in [0, 0.05) is 10.6 Å². The van der Waals surface area contributed by atoms with Gasteiger partial charge in [-0.1, -0.05) is 23.7 Å². The summed E-state index contributed by atoms with van der Waals surface area (Å²) in [4.78, 5) is 17.2. The molecule has 0 aliphatic carbocycles. The third-order valence-electron chi connectivity index (χ3n) is 4.89. The number of halogens is 1. The number of carbonyl (C=O) groups is 1. The molecule has 0 aliphatic rings. The highest BCUT2D eigenvalue weighted by molar-refractivity contribution is 6.30. The van der Waals surface area contributed by atoms with Crippen LogP contribution in [0.2, 0.25) is 5.02 Å². The van der Waals surface area contributed by atoms with Gasteiger partial charge in [0.1, 0.15) is 23.9 Å². The minimum atomic E-state index is -0.176. The zero-order valence-electron chi connectivity index (χ0n) is 17.0. The van der Waals surface area contributed by atoms with Crippen molar-refractivity contribution in [2.45, 2.75) is 13.1 Å². The largest absolute Gasteiger partial charge is 0.497 e. The molecule has 4 aromatic rings. The Kier molecular flexibility index (Phi) is 6.38. The number of carbonyl (C=O) groups excluding carboxylic acids is 1. The van der Waals surface area contributed by atoms with Crippen LogP contribution in [0.15, 0.2) is 72.8 Å². The van der Waals surface area contributed by atoms with E-state index in [9.17, 15) is 4.79 Å². The summed E-state index contributed by atoms with van der Waals surface area (Å²) in [5, 5.41) is 3.53. The lowest BCUT2D eigenvalue weighted by Gasteiger charge is -2.12. The maximum atomic E-state index is 12.5. The van der Waals surface area contributed by atoms with Gasteiger partial charge in [0.15, 0.2) is 0 Å². The van der Waals surface area contributed by atoms with Crippen LogP contribution in [0.1, 0.15) is 16.2 Å². The number of imidazole rings is 1. The molecule has 0 spiro atoms. The van der Waals surface area contributed by atoms with Crippen molar-refractivity contribution in [2.24, 2.45) is 0 Å². The monoisotopic (exact) mass is 435 g/mol. The molecule has 7 heteroatoms. The molecule has 31 heavy (non-hydrogen) atoms. The highest BCUT2D eigenvalue weighted by Gasteiger charge is 2.12. The molecule has 1 amide bonds. The topological polar surface area (TPSA) is 65.4 Å². The van der Waals surface area contributed by atoms with Gasteiger partial charge in [-0.05, 0) is 60.7 Å². The number of hydrogen-bond donors (Lipinski definition) is 1. The number of rotatable bonds is 8. The van der Waals surface area contributed by atoms with Gasteiger partial charge in [-0.2, -0.15) is 0 Å². The van der Waals surface area contributed by atoms with Gasteiger partial charge in [0.2, 0.25) is 0 Å². The summed E-state index contributed by atoms with van der Waals surface area (Å²) in [5.41, 5.74) is 2.43. The SMILES string of the molecule is COc1ccc(OCCn2c(CNC(=O)c3ccc(Cl)cc3)nc3ccccc32)cc1. The first-order valence-corrected chi connectivity index (χ1v) is 10.3. The fourth-order valence-electron chi connectivity index (χ4n) is 3.30. The zero-order valence-corrected chi connectivity index (χ0v) is 17.8. The van der Waals surface area contributed by atoms with Crippen molar-refractivity contribution in [1.82, 2.24) is 14.9 Å². The summed E-state index contributed by atoms with van der Waals surface area (Å²) in [6.45, 7) is 1.36. The summed E-state index contributed by atoms with van der Waals surface area (Å²) in [6, 6.07) is 22.2. The maximum absolute atomic E-state index is 12.5. The van der Waals surface area contributed by atoms with Crippen LogP contribution >= 0.6 is 11.6 Å². The molecule has 0 unspecified atom stereocenters. The highest BCUT2D eigenvalue weighted by atomic mass is 35.5. The number of methoxy groups -OCH3 is 1. The Bertz CT molecular complexity index is 1170. The van der Waals surface area contributed by atoms with E-state index in [4.69, 9.17) is 26.1 Å². The Balaban J connectivity index is 1.46. The van der Waals surface area contributed by atoms with E-state index in [-0.39, 0.29) is 5.91 Å². The molecule has 1 aromatic heterocycles. The van der Waals surface area contributed by atoms with Crippen LogP contribution in [0.4, 0.5) is 0 Å². The Morgan fingerprint density at radius 3 is 2.45 bits per heavy atom. The number of para-hydroxylation sites is 2. The Morgan fingerprint density at radius 1 is 1.00 bits per heavy atom. The predicted molar refractivity (Wildman–Crippen MR) is 121 cm³/mol. The average Bonchev–Trinajstić information content (AvgIpc) is 3.16. The van der Waals surface area contributed by atoms with Crippen molar-refractivity contribution in [3.8, 4) is 11.5 Å². The first kappa shape index (κ1) is 20.8. The average molecular weight is 436 g/mol. The molecule has 0 bridgehead atoms. The molecule has 3 aromatic carbocycles. The Morgan fingerprint density at radius 2 is 1.71 bits per heavy atom. The zero-order chi connectivity index (χ0) is 21.6. The second-order valence-corrected chi connectivity index (χ2v) is 7.32. The summed E-state index contributed by atoms with van der Waals surface area (Å²) < 4.78 is 13.1. The third kappa shape index (κ3) is 4.98. The fraction of sp³-hybridized carbons (Fsp3) is 0.167. The molecular weight excluding hydrogens is 414 g/mol. The number of aromatic nitrogens is 2. The molecule has 0 aliphatic heterocycles. The number of ether oxygens (including phenoxy) is 2. The number of amides is 1. The molecule has 158 valence electrons. The van der Waals surface area contributed by atoms with Crippen LogP contribution in [0.3, 0.4) is 0 Å². The molecule has 4 rings (SSSR count). The van der Waals surface area contributed by atoms with Crippen molar-refractivity contribution >= 4 is 28.5 Å². The molecule has 0 saturated heterocycles. The highest BCUT2D eigenvalue weighted by Crippen LogP contribution is 2.19. The number of fused-ring (bicyclic) bond motifs is 1. The number of nitrogens with zero attached hydrogens (tertiary/aromatic N) is 2. The van der Waals surface area contributed by atoms with Gasteiger partial charge in [-0.3, -0.25) is 4.79 Å². The lowest BCUT2D eigenvalue weighted by atomic mass is 10.2. The molecule has 0 fully saturated rings. The van der Waals surface area contributed by atoms with Crippen molar-refractivity contribution < 1.29 is 14.3 Å². The van der Waals surface area contributed by atoms with Crippen molar-refractivity contribution in [1.29, 1.82) is 0 Å². The van der Waals surface area contributed by atoms with Crippen LogP contribution in [0.5, 0.6) is 11.5 Å². The van der Waals surface area contributed by atoms with E-state index in [0.29, 0.717) is 30.3 Å². The van der Waals surface area contributed by atoms with E-state index < -0.39 is 0 Å². The minimum Gasteiger partial charge on any atom is -0.497 e. The molecule has 0 radical (unpaired) electrons. The van der Waals surface area contributed by atoms with Crippen LogP contribution in [0, 0.1) is 0 Å². The second-order valence-electron chi connectivity index (χ2n) is 6.88. The lowest BCUT2D eigenvalue weighted by molar-refractivity contribution is 0.0949. The number of benzene rings is 3. The van der Waals surface area contributed by atoms with E-state index in [1.807, 2.05) is 48.5 Å². The molecule has 0 atom stereocenters. The fourth-order valence-corrected chi connectivity index (χ4v) is 3.43. The third-order valence-corrected chi connectivity index (χ3v) is 5.14. The summed E-state index contributed by atoms with van der Waals surface area (Å²) >= 11 is 5.90. The standard InChI is InChI=1S/C24H22ClN3O3/c1-30-19-10-12-20(13-11-19)31-15-14-28-22-5-3-2-4-21(22)27-23(28)16-26-24(29)17-6-8-18(25)9-7-17/h2-13H,14-16H2,1H3,(H,26,29). The van der Waals surface area contributed by atoms with E-state index in [1.54, 1.807) is 31.4 Å². The van der Waals surface area contributed by atoms with Gasteiger partial charge in [-0.25, -0.2) is 4.98 Å². The number of hydrogen-bond acceptors (Lipinski definition) is 4. The van der Waals surface area contributed by atoms with Crippen molar-refractivity contribution in [3.63, 3.8) is 0 Å². The predicted octanol–water partition coefficient (Wildman–Crippen LogP) is 4.71. The first-order chi connectivity index (χ1) is 15.1. The van der Waals surface area contributed by atoms with Crippen LogP contribution in [0.25, 0.3) is 11.0 Å². The van der Waals surface area contributed by atoms with Gasteiger partial charge in [-0.15, -0.1) is 0 Å². The smallest absolute Gasteiger partial charge is 0.251 e. The van der Waals surface area contributed by atoms with E-state index in [2.05, 4.69) is 9.88 Å². The van der Waals surface area contributed by atoms with Gasteiger partial charge in [0.25, 0.3) is 5.91 Å². The molecule has 1 heterocycles. The molecule has 1 N–H and O–H groups in total. The van der Waals surface area contributed by atoms with E-state index in [1.165, 1.54) is 0 Å². The van der Waals surface area contributed by atoms with E-state index in [0.717, 1.165) is 28.4 Å². The van der Waals surface area contributed by atoms with Crippen molar-refractivity contribution in [2.75, 3.05) is 13.7 Å².